The number of nitrogens with zero attached hydrogens (tertiary/aromatic N) is 2. The highest BCUT2D eigenvalue weighted by Crippen LogP contribution is 2.35. The van der Waals surface area contributed by atoms with Gasteiger partial charge in [0.2, 0.25) is 0 Å². The molecule has 6 nitrogen and oxygen atoms in total. The van der Waals surface area contributed by atoms with Crippen molar-refractivity contribution in [1.29, 1.82) is 0 Å². The molecule has 2 fully saturated rings. The molecular formula is C13H20N2O4S2. The average Bonchev–Trinajstić information content (AvgIpc) is 3.17. The molecule has 3 heterocycles. The van der Waals surface area contributed by atoms with Gasteiger partial charge in [-0.3, -0.25) is 0 Å². The molecule has 2 saturated heterocycles. The van der Waals surface area contributed by atoms with Crippen LogP contribution in [0.1, 0.15) is 11.5 Å². The monoisotopic (exact) mass is 332 g/mol. The Balaban J connectivity index is 1.77. The summed E-state index contributed by atoms with van der Waals surface area (Å²) in [4.78, 5) is 0. The van der Waals surface area contributed by atoms with Crippen LogP contribution in [0.3, 0.4) is 0 Å². The van der Waals surface area contributed by atoms with Crippen molar-refractivity contribution in [2.45, 2.75) is 5.92 Å². The van der Waals surface area contributed by atoms with E-state index in [0.29, 0.717) is 39.4 Å². The van der Waals surface area contributed by atoms with Crippen LogP contribution in [-0.4, -0.2) is 68.1 Å². The van der Waals surface area contributed by atoms with E-state index in [-0.39, 0.29) is 18.4 Å². The minimum atomic E-state index is -3.45. The lowest BCUT2D eigenvalue weighted by molar-refractivity contribution is 0.0704. The summed E-state index contributed by atoms with van der Waals surface area (Å²) in [5.41, 5.74) is 1.12. The highest BCUT2D eigenvalue weighted by atomic mass is 32.2. The minimum Gasteiger partial charge on any atom is -0.396 e. The third kappa shape index (κ3) is 3.01. The summed E-state index contributed by atoms with van der Waals surface area (Å²) in [6.07, 6.45) is 0. The molecule has 21 heavy (non-hydrogen) atoms. The predicted molar refractivity (Wildman–Crippen MR) is 80.5 cm³/mol. The Morgan fingerprint density at radius 1 is 1.29 bits per heavy atom. The van der Waals surface area contributed by atoms with Crippen LogP contribution in [0.4, 0.5) is 0 Å². The van der Waals surface area contributed by atoms with Gasteiger partial charge in [-0.05, 0) is 22.4 Å². The molecule has 0 bridgehead atoms. The molecule has 2 aliphatic rings. The second-order valence-electron chi connectivity index (χ2n) is 5.44. The Morgan fingerprint density at radius 2 is 2.05 bits per heavy atom. The third-order valence-electron chi connectivity index (χ3n) is 4.24. The molecule has 1 aromatic rings. The van der Waals surface area contributed by atoms with Crippen molar-refractivity contribution in [3.05, 3.63) is 22.4 Å². The van der Waals surface area contributed by atoms with Gasteiger partial charge in [0.1, 0.15) is 0 Å². The molecule has 0 radical (unpaired) electrons. The number of aliphatic hydroxyl groups excluding tert-OH is 1. The van der Waals surface area contributed by atoms with Gasteiger partial charge in [-0.2, -0.15) is 28.4 Å². The number of hydrogen-bond acceptors (Lipinski definition) is 5. The quantitative estimate of drug-likeness (QED) is 0.863. The van der Waals surface area contributed by atoms with E-state index >= 15 is 0 Å². The first-order valence-corrected chi connectivity index (χ1v) is 9.43. The molecule has 0 saturated carbocycles. The van der Waals surface area contributed by atoms with E-state index in [1.165, 1.54) is 8.61 Å². The first kappa shape index (κ1) is 15.4. The predicted octanol–water partition coefficient (Wildman–Crippen LogP) is 0.333. The topological polar surface area (TPSA) is 70.1 Å². The highest BCUT2D eigenvalue weighted by Gasteiger charge is 2.41. The first-order chi connectivity index (χ1) is 10.1. The Morgan fingerprint density at radius 3 is 2.67 bits per heavy atom. The lowest BCUT2D eigenvalue weighted by Gasteiger charge is -2.30. The standard InChI is InChI=1S/C13H20N2O4S2/c16-9-12-7-15(8-13(12)11-1-6-20-10-11)21(17,18)14-2-4-19-5-3-14/h1,6,10,12-13,16H,2-5,7-9H2/t12-,13-/m0/s1. The molecule has 0 aliphatic carbocycles. The van der Waals surface area contributed by atoms with Crippen molar-refractivity contribution < 1.29 is 18.3 Å². The molecule has 1 N–H and O–H groups in total. The smallest absolute Gasteiger partial charge is 0.282 e. The van der Waals surface area contributed by atoms with Gasteiger partial charge >= 0.3 is 0 Å². The van der Waals surface area contributed by atoms with Crippen LogP contribution in [0.2, 0.25) is 0 Å². The molecule has 3 rings (SSSR count). The van der Waals surface area contributed by atoms with Crippen LogP contribution in [-0.2, 0) is 14.9 Å². The largest absolute Gasteiger partial charge is 0.396 e. The van der Waals surface area contributed by atoms with Crippen LogP contribution in [0, 0.1) is 5.92 Å². The van der Waals surface area contributed by atoms with Crippen molar-refractivity contribution >= 4 is 21.5 Å². The molecule has 0 amide bonds. The van der Waals surface area contributed by atoms with Crippen LogP contribution >= 0.6 is 11.3 Å². The van der Waals surface area contributed by atoms with Gasteiger partial charge in [-0.1, -0.05) is 0 Å². The molecule has 0 spiro atoms. The molecule has 2 atom stereocenters. The molecule has 2 aliphatic heterocycles. The van der Waals surface area contributed by atoms with Gasteiger partial charge < -0.3 is 9.84 Å². The molecular weight excluding hydrogens is 312 g/mol. The molecule has 118 valence electrons. The summed E-state index contributed by atoms with van der Waals surface area (Å²) in [5.74, 6) is 0.0486. The zero-order valence-corrected chi connectivity index (χ0v) is 13.4. The zero-order chi connectivity index (χ0) is 14.9. The number of rotatable bonds is 4. The van der Waals surface area contributed by atoms with Crippen molar-refractivity contribution in [2.75, 3.05) is 46.0 Å². The fourth-order valence-corrected chi connectivity index (χ4v) is 5.40. The van der Waals surface area contributed by atoms with E-state index in [0.717, 1.165) is 5.56 Å². The van der Waals surface area contributed by atoms with Crippen molar-refractivity contribution in [3.8, 4) is 0 Å². The minimum absolute atomic E-state index is 0.00957. The summed E-state index contributed by atoms with van der Waals surface area (Å²) in [7, 11) is -3.45. The number of thiophene rings is 1. The number of aliphatic hydroxyl groups is 1. The van der Waals surface area contributed by atoms with E-state index < -0.39 is 10.2 Å². The van der Waals surface area contributed by atoms with Gasteiger partial charge in [0, 0.05) is 44.6 Å². The third-order valence-corrected chi connectivity index (χ3v) is 6.91. The average molecular weight is 332 g/mol. The number of hydrogen-bond donors (Lipinski definition) is 1. The van der Waals surface area contributed by atoms with Gasteiger partial charge in [0.25, 0.3) is 10.2 Å². The molecule has 1 aromatic heterocycles. The van der Waals surface area contributed by atoms with Gasteiger partial charge in [0.15, 0.2) is 0 Å². The summed E-state index contributed by atoms with van der Waals surface area (Å²) in [5, 5.41) is 13.6. The Hall–Kier alpha value is -0.510. The van der Waals surface area contributed by atoms with Crippen LogP contribution in [0.15, 0.2) is 16.8 Å². The lowest BCUT2D eigenvalue weighted by Crippen LogP contribution is -2.48. The fourth-order valence-electron chi connectivity index (χ4n) is 3.01. The highest BCUT2D eigenvalue weighted by molar-refractivity contribution is 7.86. The second-order valence-corrected chi connectivity index (χ2v) is 8.15. The van der Waals surface area contributed by atoms with E-state index in [9.17, 15) is 13.5 Å². The van der Waals surface area contributed by atoms with Crippen molar-refractivity contribution in [1.82, 2.24) is 8.61 Å². The first-order valence-electron chi connectivity index (χ1n) is 7.09. The van der Waals surface area contributed by atoms with Crippen molar-refractivity contribution in [2.24, 2.45) is 5.92 Å². The van der Waals surface area contributed by atoms with Crippen LogP contribution in [0.5, 0.6) is 0 Å². The maximum Gasteiger partial charge on any atom is 0.282 e. The maximum atomic E-state index is 12.7. The second kappa shape index (κ2) is 6.31. The Labute approximate surface area is 129 Å². The zero-order valence-electron chi connectivity index (χ0n) is 11.7. The Bertz CT molecular complexity index is 555. The summed E-state index contributed by atoms with van der Waals surface area (Å²) in [6, 6.07) is 2.02. The van der Waals surface area contributed by atoms with E-state index in [1.807, 2.05) is 16.8 Å². The summed E-state index contributed by atoms with van der Waals surface area (Å²) < 4.78 is 33.6. The van der Waals surface area contributed by atoms with Crippen LogP contribution < -0.4 is 0 Å². The lowest BCUT2D eigenvalue weighted by atomic mass is 9.92. The molecule has 0 aromatic carbocycles. The van der Waals surface area contributed by atoms with E-state index in [4.69, 9.17) is 4.74 Å². The van der Waals surface area contributed by atoms with E-state index in [2.05, 4.69) is 0 Å². The fraction of sp³-hybridized carbons (Fsp3) is 0.692. The molecule has 8 heteroatoms. The normalized spacial score (nSPS) is 29.0. The summed E-state index contributed by atoms with van der Waals surface area (Å²) >= 11 is 1.60. The van der Waals surface area contributed by atoms with Crippen molar-refractivity contribution in [3.63, 3.8) is 0 Å². The SMILES string of the molecule is O=S(=O)(N1CCOCC1)N1C[C@@H](CO)[C@H](c2ccsc2)C1. The number of morpholine rings is 1. The van der Waals surface area contributed by atoms with Gasteiger partial charge in [-0.15, -0.1) is 0 Å². The van der Waals surface area contributed by atoms with Gasteiger partial charge in [-0.25, -0.2) is 0 Å². The molecule has 0 unspecified atom stereocenters. The summed E-state index contributed by atoms with van der Waals surface area (Å²) in [6.45, 7) is 2.56. The van der Waals surface area contributed by atoms with Gasteiger partial charge in [0.05, 0.1) is 13.2 Å². The number of ether oxygens (including phenoxy) is 1. The van der Waals surface area contributed by atoms with Crippen LogP contribution in [0.25, 0.3) is 0 Å². The van der Waals surface area contributed by atoms with E-state index in [1.54, 1.807) is 11.3 Å². The maximum absolute atomic E-state index is 12.7. The Kier molecular flexibility index (Phi) is 4.63.